The number of sulfonamides is 1. The summed E-state index contributed by atoms with van der Waals surface area (Å²) in [6, 6.07) is 8.45. The van der Waals surface area contributed by atoms with Gasteiger partial charge >= 0.3 is 0 Å². The maximum atomic E-state index is 12.5. The Morgan fingerprint density at radius 1 is 1.12 bits per heavy atom. The number of nitrogens with one attached hydrogen (secondary N) is 1. The fraction of sp³-hybridized carbons (Fsp3) is 0.588. The second-order valence-corrected chi connectivity index (χ2v) is 8.13. The number of carbonyl (C=O) groups is 1. The summed E-state index contributed by atoms with van der Waals surface area (Å²) in [7, 11) is -3.53. The van der Waals surface area contributed by atoms with E-state index in [9.17, 15) is 13.2 Å². The van der Waals surface area contributed by atoms with Crippen LogP contribution in [0, 0.1) is 5.92 Å². The zero-order chi connectivity index (χ0) is 17.0. The van der Waals surface area contributed by atoms with Gasteiger partial charge in [-0.05, 0) is 37.8 Å². The van der Waals surface area contributed by atoms with Crippen LogP contribution in [-0.2, 0) is 19.6 Å². The molecule has 1 aliphatic carbocycles. The molecule has 2 fully saturated rings. The van der Waals surface area contributed by atoms with E-state index in [4.69, 9.17) is 4.74 Å². The molecule has 1 aliphatic heterocycles. The number of benzene rings is 1. The number of hydrogen-bond donors (Lipinski definition) is 1. The number of carbonyl (C=O) groups excluding carboxylic acids is 1. The summed E-state index contributed by atoms with van der Waals surface area (Å²) in [5.41, 5.74) is 0. The monoisotopic (exact) mass is 352 g/mol. The van der Waals surface area contributed by atoms with E-state index < -0.39 is 10.0 Å². The fourth-order valence-corrected chi connectivity index (χ4v) is 4.06. The van der Waals surface area contributed by atoms with Gasteiger partial charge in [-0.15, -0.1) is 0 Å². The van der Waals surface area contributed by atoms with Crippen LogP contribution < -0.4 is 4.72 Å². The Morgan fingerprint density at radius 3 is 2.42 bits per heavy atom. The summed E-state index contributed by atoms with van der Waals surface area (Å²) in [6.07, 6.45) is 3.55. The van der Waals surface area contributed by atoms with Gasteiger partial charge < -0.3 is 9.64 Å². The lowest BCUT2D eigenvalue weighted by molar-refractivity contribution is -0.136. The summed E-state index contributed by atoms with van der Waals surface area (Å²) < 4.78 is 32.5. The summed E-state index contributed by atoms with van der Waals surface area (Å²) >= 11 is 0. The van der Waals surface area contributed by atoms with Crippen molar-refractivity contribution in [1.29, 1.82) is 0 Å². The van der Waals surface area contributed by atoms with Crippen LogP contribution in [0.5, 0.6) is 0 Å². The van der Waals surface area contributed by atoms with Gasteiger partial charge in [0.2, 0.25) is 15.9 Å². The molecule has 1 heterocycles. The van der Waals surface area contributed by atoms with Gasteiger partial charge in [-0.3, -0.25) is 4.79 Å². The lowest BCUT2D eigenvalue weighted by atomic mass is 10.1. The molecule has 2 aliphatic rings. The van der Waals surface area contributed by atoms with Crippen molar-refractivity contribution in [3.05, 3.63) is 30.3 Å². The molecule has 132 valence electrons. The Morgan fingerprint density at radius 2 is 1.79 bits per heavy atom. The number of rotatable bonds is 7. The number of nitrogens with zero attached hydrogens (tertiary/aromatic N) is 1. The van der Waals surface area contributed by atoms with E-state index >= 15 is 0 Å². The lowest BCUT2D eigenvalue weighted by Crippen LogP contribution is -2.47. The maximum absolute atomic E-state index is 12.5. The van der Waals surface area contributed by atoms with Crippen LogP contribution in [0.3, 0.4) is 0 Å². The highest BCUT2D eigenvalue weighted by Crippen LogP contribution is 2.32. The highest BCUT2D eigenvalue weighted by atomic mass is 32.2. The fourth-order valence-electron chi connectivity index (χ4n) is 3.02. The van der Waals surface area contributed by atoms with E-state index in [1.54, 1.807) is 30.3 Å². The summed E-state index contributed by atoms with van der Waals surface area (Å²) in [4.78, 5) is 14.7. The van der Waals surface area contributed by atoms with Crippen molar-refractivity contribution in [2.45, 2.75) is 36.6 Å². The Balaban J connectivity index is 1.60. The van der Waals surface area contributed by atoms with Crippen LogP contribution in [0.15, 0.2) is 35.2 Å². The summed E-state index contributed by atoms with van der Waals surface area (Å²) in [5, 5.41) is 0. The molecule has 0 bridgehead atoms. The normalized spacial score (nSPS) is 19.2. The maximum Gasteiger partial charge on any atom is 0.240 e. The van der Waals surface area contributed by atoms with E-state index in [1.807, 2.05) is 4.90 Å². The molecule has 0 aromatic heterocycles. The molecule has 3 rings (SSSR count). The molecule has 24 heavy (non-hydrogen) atoms. The molecule has 0 unspecified atom stereocenters. The molecule has 0 atom stereocenters. The van der Waals surface area contributed by atoms with Crippen LogP contribution in [0.25, 0.3) is 0 Å². The van der Waals surface area contributed by atoms with E-state index in [0.29, 0.717) is 19.8 Å². The average Bonchev–Trinajstić information content (AvgIpc) is 3.45. The molecule has 7 heteroatoms. The van der Waals surface area contributed by atoms with E-state index in [2.05, 4.69) is 4.72 Å². The first-order valence-electron chi connectivity index (χ1n) is 8.51. The molecule has 6 nitrogen and oxygen atoms in total. The molecule has 1 aromatic rings. The highest BCUT2D eigenvalue weighted by Gasteiger charge is 2.36. The van der Waals surface area contributed by atoms with Gasteiger partial charge in [0.25, 0.3) is 0 Å². The van der Waals surface area contributed by atoms with Crippen LogP contribution in [0.1, 0.15) is 25.7 Å². The van der Waals surface area contributed by atoms with Crippen molar-refractivity contribution in [2.24, 2.45) is 5.92 Å². The van der Waals surface area contributed by atoms with E-state index in [-0.39, 0.29) is 29.3 Å². The van der Waals surface area contributed by atoms with Crippen molar-refractivity contribution in [1.82, 2.24) is 9.62 Å². The largest absolute Gasteiger partial charge is 0.381 e. The molecular weight excluding hydrogens is 328 g/mol. The van der Waals surface area contributed by atoms with Crippen molar-refractivity contribution in [3.8, 4) is 0 Å². The van der Waals surface area contributed by atoms with Gasteiger partial charge in [0.15, 0.2) is 0 Å². The Labute approximate surface area is 143 Å². The summed E-state index contributed by atoms with van der Waals surface area (Å²) in [6.45, 7) is 1.96. The van der Waals surface area contributed by atoms with Crippen LogP contribution >= 0.6 is 0 Å². The lowest BCUT2D eigenvalue weighted by Gasteiger charge is -2.34. The first-order valence-corrected chi connectivity index (χ1v) is 9.99. The van der Waals surface area contributed by atoms with E-state index in [0.717, 1.165) is 25.7 Å². The average molecular weight is 352 g/mol. The Hall–Kier alpha value is -1.44. The zero-order valence-corrected chi connectivity index (χ0v) is 14.5. The van der Waals surface area contributed by atoms with Gasteiger partial charge in [0.05, 0.1) is 4.90 Å². The number of ether oxygens (including phenoxy) is 1. The van der Waals surface area contributed by atoms with E-state index in [1.165, 1.54) is 0 Å². The third kappa shape index (κ3) is 4.34. The van der Waals surface area contributed by atoms with Crippen LogP contribution in [0.4, 0.5) is 0 Å². The van der Waals surface area contributed by atoms with Crippen molar-refractivity contribution < 1.29 is 17.9 Å². The molecule has 0 radical (unpaired) electrons. The Kier molecular flexibility index (Phi) is 5.53. The highest BCUT2D eigenvalue weighted by molar-refractivity contribution is 7.89. The molecule has 1 saturated carbocycles. The first kappa shape index (κ1) is 17.4. The van der Waals surface area contributed by atoms with Gasteiger partial charge in [-0.2, -0.15) is 0 Å². The Bertz CT molecular complexity index is 652. The predicted octanol–water partition coefficient (Wildman–Crippen LogP) is 1.38. The smallest absolute Gasteiger partial charge is 0.240 e. The van der Waals surface area contributed by atoms with Gasteiger partial charge in [-0.25, -0.2) is 13.1 Å². The molecule has 1 aromatic carbocycles. The third-order valence-electron chi connectivity index (χ3n) is 4.54. The van der Waals surface area contributed by atoms with Crippen LogP contribution in [-0.4, -0.2) is 51.6 Å². The van der Waals surface area contributed by atoms with Gasteiger partial charge in [0.1, 0.15) is 0 Å². The SMILES string of the molecule is O=C(C1CC1)N(CCNS(=O)(=O)c1ccccc1)C1CCOCC1. The third-order valence-corrected chi connectivity index (χ3v) is 6.02. The standard InChI is InChI=1S/C17H24N2O4S/c20-17(14-6-7-14)19(15-8-12-23-13-9-15)11-10-18-24(21,22)16-4-2-1-3-5-16/h1-5,14-15,18H,6-13H2. The second kappa shape index (κ2) is 7.63. The van der Waals surface area contributed by atoms with Gasteiger partial charge in [-0.1, -0.05) is 18.2 Å². The quantitative estimate of drug-likeness (QED) is 0.804. The second-order valence-electron chi connectivity index (χ2n) is 6.36. The molecule has 1 amide bonds. The van der Waals surface area contributed by atoms with Gasteiger partial charge in [0, 0.05) is 38.3 Å². The zero-order valence-electron chi connectivity index (χ0n) is 13.7. The molecule has 1 saturated heterocycles. The van der Waals surface area contributed by atoms with Crippen LogP contribution in [0.2, 0.25) is 0 Å². The number of amides is 1. The minimum absolute atomic E-state index is 0.138. The minimum Gasteiger partial charge on any atom is -0.381 e. The van der Waals surface area contributed by atoms with Crippen molar-refractivity contribution in [2.75, 3.05) is 26.3 Å². The minimum atomic E-state index is -3.53. The predicted molar refractivity (Wildman–Crippen MR) is 89.9 cm³/mol. The topological polar surface area (TPSA) is 75.7 Å². The van der Waals surface area contributed by atoms with Crippen molar-refractivity contribution >= 4 is 15.9 Å². The number of hydrogen-bond acceptors (Lipinski definition) is 4. The molecule has 0 spiro atoms. The van der Waals surface area contributed by atoms with Crippen molar-refractivity contribution in [3.63, 3.8) is 0 Å². The summed E-state index contributed by atoms with van der Waals surface area (Å²) in [5.74, 6) is 0.305. The first-order chi connectivity index (χ1) is 11.6. The molecule has 1 N–H and O–H groups in total. The molecular formula is C17H24N2O4S.